The van der Waals surface area contributed by atoms with Crippen molar-refractivity contribution in [2.24, 2.45) is 5.11 Å². The molecule has 0 saturated heterocycles. The van der Waals surface area contributed by atoms with Gasteiger partial charge in [-0.15, -0.1) is 0 Å². The largest absolute Gasteiger partial charge is 0.476 e. The molecule has 0 aliphatic rings. The highest BCUT2D eigenvalue weighted by molar-refractivity contribution is 14.1. The maximum atomic E-state index is 7.97. The Labute approximate surface area is 88.1 Å². The first-order valence-electron chi connectivity index (χ1n) is 3.44. The van der Waals surface area contributed by atoms with Gasteiger partial charge in [0.05, 0.1) is 25.5 Å². The lowest BCUT2D eigenvalue weighted by atomic mass is 10.7. The summed E-state index contributed by atoms with van der Waals surface area (Å²) in [6.07, 6.45) is 3.13. The maximum absolute atomic E-state index is 7.97. The second-order valence-corrected chi connectivity index (χ2v) is 3.09. The van der Waals surface area contributed by atoms with Crippen molar-refractivity contribution in [3.8, 4) is 5.88 Å². The third-order valence-corrected chi connectivity index (χ3v) is 1.66. The van der Waals surface area contributed by atoms with Crippen molar-refractivity contribution < 1.29 is 4.74 Å². The number of ether oxygens (including phenoxy) is 1. The molecule has 0 spiro atoms. The van der Waals surface area contributed by atoms with Crippen molar-refractivity contribution in [3.63, 3.8) is 0 Å². The molecule has 0 aliphatic heterocycles. The number of nitrogens with zero attached hydrogens (tertiary/aromatic N) is 5. The SMILES string of the molecule is [N-]=[N+]=NCCOc1cnc(I)cn1. The van der Waals surface area contributed by atoms with Gasteiger partial charge in [0.15, 0.2) is 0 Å². The molecule has 0 atom stereocenters. The van der Waals surface area contributed by atoms with E-state index in [1.807, 2.05) is 0 Å². The van der Waals surface area contributed by atoms with Gasteiger partial charge in [-0.1, -0.05) is 5.11 Å². The average Bonchev–Trinajstić information content (AvgIpc) is 2.15. The number of azide groups is 1. The Balaban J connectivity index is 2.37. The fraction of sp³-hybridized carbons (Fsp3) is 0.333. The third kappa shape index (κ3) is 3.90. The predicted octanol–water partition coefficient (Wildman–Crippen LogP) is 1.77. The van der Waals surface area contributed by atoms with Crippen molar-refractivity contribution in [1.82, 2.24) is 9.97 Å². The Kier molecular flexibility index (Phi) is 4.27. The molecule has 0 aliphatic carbocycles. The molecule has 68 valence electrons. The van der Waals surface area contributed by atoms with E-state index in [-0.39, 0.29) is 0 Å². The summed E-state index contributed by atoms with van der Waals surface area (Å²) >= 11 is 2.05. The van der Waals surface area contributed by atoms with Gasteiger partial charge in [0.1, 0.15) is 3.70 Å². The molecule has 1 aromatic rings. The maximum Gasteiger partial charge on any atom is 0.232 e. The minimum atomic E-state index is 0.296. The lowest BCUT2D eigenvalue weighted by Gasteiger charge is -2.00. The van der Waals surface area contributed by atoms with Crippen LogP contribution in [0.4, 0.5) is 0 Å². The molecule has 13 heavy (non-hydrogen) atoms. The molecule has 0 aromatic carbocycles. The van der Waals surface area contributed by atoms with Crippen molar-refractivity contribution in [2.75, 3.05) is 13.2 Å². The summed E-state index contributed by atoms with van der Waals surface area (Å²) in [7, 11) is 0. The Morgan fingerprint density at radius 2 is 2.38 bits per heavy atom. The van der Waals surface area contributed by atoms with Crippen LogP contribution in [-0.2, 0) is 0 Å². The van der Waals surface area contributed by atoms with Crippen molar-refractivity contribution in [3.05, 3.63) is 26.5 Å². The van der Waals surface area contributed by atoms with Crippen LogP contribution in [0.25, 0.3) is 10.4 Å². The van der Waals surface area contributed by atoms with Gasteiger partial charge in [-0.25, -0.2) is 9.97 Å². The third-order valence-electron chi connectivity index (χ3n) is 1.10. The first kappa shape index (κ1) is 10.0. The van der Waals surface area contributed by atoms with Crippen LogP contribution < -0.4 is 4.74 Å². The lowest BCUT2D eigenvalue weighted by Crippen LogP contribution is -2.02. The lowest BCUT2D eigenvalue weighted by molar-refractivity contribution is 0.314. The molecule has 1 heterocycles. The monoisotopic (exact) mass is 291 g/mol. The first-order valence-corrected chi connectivity index (χ1v) is 4.52. The Hall–Kier alpha value is -1.08. The van der Waals surface area contributed by atoms with Gasteiger partial charge in [0.2, 0.25) is 5.88 Å². The zero-order valence-electron chi connectivity index (χ0n) is 6.59. The molecule has 0 fully saturated rings. The molecule has 1 rings (SSSR count). The van der Waals surface area contributed by atoms with Crippen molar-refractivity contribution in [1.29, 1.82) is 0 Å². The van der Waals surface area contributed by atoms with Crippen LogP contribution >= 0.6 is 22.6 Å². The average molecular weight is 291 g/mol. The van der Waals surface area contributed by atoms with E-state index in [2.05, 4.69) is 42.6 Å². The van der Waals surface area contributed by atoms with Crippen LogP contribution in [0.3, 0.4) is 0 Å². The quantitative estimate of drug-likeness (QED) is 0.278. The number of rotatable bonds is 4. The zero-order valence-corrected chi connectivity index (χ0v) is 8.75. The highest BCUT2D eigenvalue weighted by Gasteiger charge is 1.94. The zero-order chi connectivity index (χ0) is 9.52. The topological polar surface area (TPSA) is 83.8 Å². The molecule has 0 unspecified atom stereocenters. The Bertz CT molecular complexity index is 307. The fourth-order valence-electron chi connectivity index (χ4n) is 0.611. The first-order chi connectivity index (χ1) is 6.33. The summed E-state index contributed by atoms with van der Waals surface area (Å²) < 4.78 is 5.93. The predicted molar refractivity (Wildman–Crippen MR) is 54.3 cm³/mol. The summed E-state index contributed by atoms with van der Waals surface area (Å²) in [6, 6.07) is 0. The highest BCUT2D eigenvalue weighted by Crippen LogP contribution is 2.04. The van der Waals surface area contributed by atoms with E-state index >= 15 is 0 Å². The molecule has 0 N–H and O–H groups in total. The van der Waals surface area contributed by atoms with E-state index in [1.54, 1.807) is 6.20 Å². The van der Waals surface area contributed by atoms with E-state index in [4.69, 9.17) is 10.3 Å². The van der Waals surface area contributed by atoms with Gasteiger partial charge < -0.3 is 4.74 Å². The van der Waals surface area contributed by atoms with Gasteiger partial charge >= 0.3 is 0 Å². The number of halogens is 1. The van der Waals surface area contributed by atoms with Gasteiger partial charge in [-0.05, 0) is 28.1 Å². The van der Waals surface area contributed by atoms with E-state index in [9.17, 15) is 0 Å². The van der Waals surface area contributed by atoms with Crippen LogP contribution in [0.5, 0.6) is 5.88 Å². The summed E-state index contributed by atoms with van der Waals surface area (Å²) in [4.78, 5) is 10.5. The van der Waals surface area contributed by atoms with Crippen LogP contribution in [0, 0.1) is 3.70 Å². The summed E-state index contributed by atoms with van der Waals surface area (Å²) in [5.74, 6) is 0.438. The smallest absolute Gasteiger partial charge is 0.232 e. The molecule has 1 aromatic heterocycles. The standard InChI is InChI=1S/C6H6IN5O/c7-5-3-10-6(4-9-5)13-2-1-11-12-8/h3-4H,1-2H2. The van der Waals surface area contributed by atoms with Gasteiger partial charge in [0, 0.05) is 4.91 Å². The minimum absolute atomic E-state index is 0.296. The van der Waals surface area contributed by atoms with Gasteiger partial charge in [-0.3, -0.25) is 0 Å². The fourth-order valence-corrected chi connectivity index (χ4v) is 0.889. The molecule has 0 bridgehead atoms. The summed E-state index contributed by atoms with van der Waals surface area (Å²) in [5.41, 5.74) is 7.97. The molecule has 7 heteroatoms. The summed E-state index contributed by atoms with van der Waals surface area (Å²) in [5, 5.41) is 3.31. The number of hydrogen-bond donors (Lipinski definition) is 0. The molecular formula is C6H6IN5O. The van der Waals surface area contributed by atoms with E-state index in [1.165, 1.54) is 6.20 Å². The summed E-state index contributed by atoms with van der Waals surface area (Å²) in [6.45, 7) is 0.615. The molecule has 0 radical (unpaired) electrons. The normalized spacial score (nSPS) is 9.00. The van der Waals surface area contributed by atoms with Crippen LogP contribution in [0.1, 0.15) is 0 Å². The molecular weight excluding hydrogens is 285 g/mol. The van der Waals surface area contributed by atoms with Gasteiger partial charge in [0.25, 0.3) is 0 Å². The second-order valence-electron chi connectivity index (χ2n) is 1.98. The van der Waals surface area contributed by atoms with E-state index in [0.717, 1.165) is 3.70 Å². The van der Waals surface area contributed by atoms with Crippen molar-refractivity contribution >= 4 is 22.6 Å². The number of hydrogen-bond acceptors (Lipinski definition) is 4. The highest BCUT2D eigenvalue weighted by atomic mass is 127. The van der Waals surface area contributed by atoms with E-state index < -0.39 is 0 Å². The van der Waals surface area contributed by atoms with Gasteiger partial charge in [-0.2, -0.15) is 0 Å². The number of aromatic nitrogens is 2. The van der Waals surface area contributed by atoms with Crippen LogP contribution in [0.2, 0.25) is 0 Å². The van der Waals surface area contributed by atoms with Crippen LogP contribution in [0.15, 0.2) is 17.5 Å². The second kappa shape index (κ2) is 5.55. The molecule has 6 nitrogen and oxygen atoms in total. The Morgan fingerprint density at radius 3 is 3.00 bits per heavy atom. The minimum Gasteiger partial charge on any atom is -0.476 e. The molecule has 0 amide bonds. The Morgan fingerprint density at radius 1 is 1.54 bits per heavy atom. The van der Waals surface area contributed by atoms with Crippen molar-refractivity contribution in [2.45, 2.75) is 0 Å². The van der Waals surface area contributed by atoms with E-state index in [0.29, 0.717) is 19.0 Å². The molecule has 0 saturated carbocycles. The van der Waals surface area contributed by atoms with Crippen LogP contribution in [-0.4, -0.2) is 23.1 Å².